The van der Waals surface area contributed by atoms with Crippen molar-refractivity contribution in [2.24, 2.45) is 0 Å². The molecule has 10 nitrogen and oxygen atoms in total. The topological polar surface area (TPSA) is 120 Å². The lowest BCUT2D eigenvalue weighted by molar-refractivity contribution is -0.384. The fourth-order valence-corrected chi connectivity index (χ4v) is 3.30. The first-order chi connectivity index (χ1) is 13.0. The van der Waals surface area contributed by atoms with E-state index in [1.807, 2.05) is 6.92 Å². The summed E-state index contributed by atoms with van der Waals surface area (Å²) in [5.41, 5.74) is 2.10. The molecular formula is C17H15N5O5. The normalized spacial score (nSPS) is 18.3. The molecule has 1 aromatic heterocycles. The van der Waals surface area contributed by atoms with E-state index in [9.17, 15) is 19.7 Å². The summed E-state index contributed by atoms with van der Waals surface area (Å²) in [6, 6.07) is 5.68. The number of ether oxygens (including phenoxy) is 1. The van der Waals surface area contributed by atoms with E-state index in [4.69, 9.17) is 4.74 Å². The molecule has 2 aromatic rings. The number of carbonyl (C=O) groups is 2. The van der Waals surface area contributed by atoms with Crippen LogP contribution in [0, 0.1) is 17.0 Å². The van der Waals surface area contributed by atoms with E-state index in [1.165, 1.54) is 29.2 Å². The number of aromatic nitrogens is 3. The molecule has 3 heterocycles. The number of fused-ring (bicyclic) bond motifs is 1. The van der Waals surface area contributed by atoms with E-state index in [0.29, 0.717) is 24.1 Å². The molecule has 1 aromatic carbocycles. The Kier molecular flexibility index (Phi) is 3.94. The van der Waals surface area contributed by atoms with E-state index in [0.717, 1.165) is 5.69 Å². The summed E-state index contributed by atoms with van der Waals surface area (Å²) in [4.78, 5) is 36.3. The second-order valence-electron chi connectivity index (χ2n) is 6.41. The van der Waals surface area contributed by atoms with E-state index in [1.54, 1.807) is 10.9 Å². The van der Waals surface area contributed by atoms with Crippen LogP contribution in [0.15, 0.2) is 36.2 Å². The number of rotatable bonds is 5. The predicted molar refractivity (Wildman–Crippen MR) is 90.7 cm³/mol. The molecule has 4 rings (SSSR count). The molecule has 2 aliphatic heterocycles. The van der Waals surface area contributed by atoms with Crippen LogP contribution in [0.1, 0.15) is 24.1 Å². The maximum absolute atomic E-state index is 12.7. The lowest BCUT2D eigenvalue weighted by atomic mass is 10.0. The number of nitrogens with zero attached hydrogens (tertiary/aromatic N) is 5. The number of non-ortho nitro benzene ring substituents is 1. The molecule has 138 valence electrons. The molecule has 0 spiro atoms. The number of aryl methyl sites for hydroxylation is 1. The zero-order valence-corrected chi connectivity index (χ0v) is 14.4. The van der Waals surface area contributed by atoms with Gasteiger partial charge in [-0.1, -0.05) is 5.21 Å². The average molecular weight is 369 g/mol. The van der Waals surface area contributed by atoms with Gasteiger partial charge >= 0.3 is 5.97 Å². The number of hydrogen-bond donors (Lipinski definition) is 0. The maximum Gasteiger partial charge on any atom is 0.357 e. The molecular weight excluding hydrogens is 354 g/mol. The van der Waals surface area contributed by atoms with Gasteiger partial charge in [-0.25, -0.2) is 9.48 Å². The number of β-lactam (4-membered cyclic amide) rings is 1. The van der Waals surface area contributed by atoms with Crippen molar-refractivity contribution in [1.29, 1.82) is 0 Å². The second-order valence-corrected chi connectivity index (χ2v) is 6.41. The first kappa shape index (κ1) is 16.9. The lowest BCUT2D eigenvalue weighted by Gasteiger charge is -2.35. The van der Waals surface area contributed by atoms with Crippen molar-refractivity contribution >= 4 is 23.3 Å². The number of esters is 1. The van der Waals surface area contributed by atoms with Crippen molar-refractivity contribution in [3.05, 3.63) is 57.5 Å². The van der Waals surface area contributed by atoms with Gasteiger partial charge in [0.1, 0.15) is 6.61 Å². The van der Waals surface area contributed by atoms with Crippen LogP contribution in [0.25, 0.3) is 5.70 Å². The highest BCUT2D eigenvalue weighted by Gasteiger charge is 2.49. The Morgan fingerprint density at radius 2 is 2.07 bits per heavy atom. The summed E-state index contributed by atoms with van der Waals surface area (Å²) in [6.45, 7) is 1.75. The molecule has 2 aliphatic rings. The zero-order chi connectivity index (χ0) is 19.1. The van der Waals surface area contributed by atoms with Crippen LogP contribution < -0.4 is 0 Å². The fraction of sp³-hybridized carbons (Fsp3) is 0.294. The maximum atomic E-state index is 12.7. The molecule has 0 radical (unpaired) electrons. The minimum atomic E-state index is -0.631. The van der Waals surface area contributed by atoms with Gasteiger partial charge in [-0.05, 0) is 24.6 Å². The molecule has 0 bridgehead atoms. The number of nitro benzene ring substituents is 1. The third kappa shape index (κ3) is 2.84. The van der Waals surface area contributed by atoms with Crippen LogP contribution in [0.4, 0.5) is 5.69 Å². The standard InChI is InChI=1S/C17H15N5O5/c1-10-8-18-19-21(10)14-6-13-7-15(23)20(13)16(14)17(24)27-9-11-2-4-12(5-3-11)22(25)26/h2-5,8,13H,6-7,9H2,1H3/t13-/m1/s1. The highest BCUT2D eigenvalue weighted by molar-refractivity contribution is 6.03. The Balaban J connectivity index is 1.56. The lowest BCUT2D eigenvalue weighted by Crippen LogP contribution is -2.49. The molecule has 0 unspecified atom stereocenters. The molecule has 10 heteroatoms. The molecule has 1 amide bonds. The largest absolute Gasteiger partial charge is 0.456 e. The van der Waals surface area contributed by atoms with Crippen molar-refractivity contribution in [3.8, 4) is 0 Å². The third-order valence-corrected chi connectivity index (χ3v) is 4.67. The Labute approximate surface area is 153 Å². The Morgan fingerprint density at radius 3 is 2.67 bits per heavy atom. The summed E-state index contributed by atoms with van der Waals surface area (Å²) in [7, 11) is 0. The molecule has 0 aliphatic carbocycles. The van der Waals surface area contributed by atoms with E-state index in [2.05, 4.69) is 10.3 Å². The SMILES string of the molecule is Cc1cnnn1C1=C(C(=O)OCc2ccc([N+](=O)[O-])cc2)N2C(=O)C[C@H]2C1. The van der Waals surface area contributed by atoms with Crippen LogP contribution >= 0.6 is 0 Å². The van der Waals surface area contributed by atoms with E-state index >= 15 is 0 Å². The van der Waals surface area contributed by atoms with E-state index < -0.39 is 10.9 Å². The monoisotopic (exact) mass is 369 g/mol. The molecule has 1 fully saturated rings. The van der Waals surface area contributed by atoms with Crippen molar-refractivity contribution < 1.29 is 19.2 Å². The van der Waals surface area contributed by atoms with Crippen molar-refractivity contribution in [2.45, 2.75) is 32.4 Å². The zero-order valence-electron chi connectivity index (χ0n) is 14.4. The average Bonchev–Trinajstić information content (AvgIpc) is 3.20. The first-order valence-electron chi connectivity index (χ1n) is 8.29. The van der Waals surface area contributed by atoms with Crippen molar-refractivity contribution in [1.82, 2.24) is 19.9 Å². The Bertz CT molecular complexity index is 978. The third-order valence-electron chi connectivity index (χ3n) is 4.67. The van der Waals surface area contributed by atoms with Crippen LogP contribution in [0.2, 0.25) is 0 Å². The number of nitro groups is 1. The van der Waals surface area contributed by atoms with Gasteiger partial charge in [-0.15, -0.1) is 5.10 Å². The summed E-state index contributed by atoms with van der Waals surface area (Å²) in [5.74, 6) is -0.760. The van der Waals surface area contributed by atoms with Gasteiger partial charge in [0.25, 0.3) is 5.69 Å². The van der Waals surface area contributed by atoms with E-state index in [-0.39, 0.29) is 29.9 Å². The first-order valence-corrected chi connectivity index (χ1v) is 8.29. The highest BCUT2D eigenvalue weighted by Crippen LogP contribution is 2.40. The quantitative estimate of drug-likeness (QED) is 0.338. The van der Waals surface area contributed by atoms with Crippen molar-refractivity contribution in [3.63, 3.8) is 0 Å². The summed E-state index contributed by atoms with van der Waals surface area (Å²) in [5, 5.41) is 18.5. The Hall–Kier alpha value is -3.56. The van der Waals surface area contributed by atoms with Gasteiger partial charge in [-0.2, -0.15) is 0 Å². The Morgan fingerprint density at radius 1 is 1.33 bits per heavy atom. The molecule has 0 saturated carbocycles. The van der Waals surface area contributed by atoms with Gasteiger partial charge in [0.15, 0.2) is 5.70 Å². The summed E-state index contributed by atoms with van der Waals surface area (Å²) >= 11 is 0. The highest BCUT2D eigenvalue weighted by atomic mass is 16.6. The van der Waals surface area contributed by atoms with Crippen molar-refractivity contribution in [2.75, 3.05) is 0 Å². The van der Waals surface area contributed by atoms with Crippen LogP contribution in [-0.4, -0.2) is 42.7 Å². The number of benzene rings is 1. The van der Waals surface area contributed by atoms with Crippen LogP contribution in [-0.2, 0) is 20.9 Å². The second kappa shape index (κ2) is 6.31. The van der Waals surface area contributed by atoms with Gasteiger partial charge in [0, 0.05) is 25.0 Å². The summed E-state index contributed by atoms with van der Waals surface area (Å²) in [6.07, 6.45) is 2.47. The molecule has 27 heavy (non-hydrogen) atoms. The van der Waals surface area contributed by atoms with Gasteiger partial charge < -0.3 is 9.64 Å². The molecule has 1 saturated heterocycles. The van der Waals surface area contributed by atoms with Crippen LogP contribution in [0.5, 0.6) is 0 Å². The minimum absolute atomic E-state index is 0.0402. The number of carbonyl (C=O) groups excluding carboxylic acids is 2. The van der Waals surface area contributed by atoms with Gasteiger partial charge in [0.05, 0.1) is 28.6 Å². The predicted octanol–water partition coefficient (Wildman–Crippen LogP) is 1.41. The smallest absolute Gasteiger partial charge is 0.357 e. The van der Waals surface area contributed by atoms with Gasteiger partial charge in [-0.3, -0.25) is 14.9 Å². The minimum Gasteiger partial charge on any atom is -0.456 e. The fourth-order valence-electron chi connectivity index (χ4n) is 3.30. The van der Waals surface area contributed by atoms with Crippen LogP contribution in [0.3, 0.4) is 0 Å². The van der Waals surface area contributed by atoms with Gasteiger partial charge in [0.2, 0.25) is 5.91 Å². The summed E-state index contributed by atoms with van der Waals surface area (Å²) < 4.78 is 6.91. The number of amides is 1. The molecule has 0 N–H and O–H groups in total. The molecule has 1 atom stereocenters. The number of hydrogen-bond acceptors (Lipinski definition) is 7.